The van der Waals surface area contributed by atoms with E-state index in [-0.39, 0.29) is 12.0 Å². The largest absolute Gasteiger partial charge is 0.493 e. The van der Waals surface area contributed by atoms with Crippen LogP contribution in [0.1, 0.15) is 41.6 Å². The topological polar surface area (TPSA) is 56.8 Å². The standard InChI is InChI=1S/C26H27NO4/c1-29-24-16-11-20(17-25(24)31-23-9-5-6-10-23)26(28)27-21-12-14-22(15-13-21)30-18-19-7-3-2-4-8-19/h2-4,7-8,11-17,23H,5-6,9-10,18H2,1H3,(H,27,28). The second-order valence-electron chi connectivity index (χ2n) is 7.64. The van der Waals surface area contributed by atoms with E-state index in [2.05, 4.69) is 5.32 Å². The summed E-state index contributed by atoms with van der Waals surface area (Å²) in [7, 11) is 1.61. The lowest BCUT2D eigenvalue weighted by molar-refractivity contribution is 0.102. The molecular weight excluding hydrogens is 390 g/mol. The van der Waals surface area contributed by atoms with E-state index in [1.165, 1.54) is 12.8 Å². The molecule has 0 unspecified atom stereocenters. The maximum Gasteiger partial charge on any atom is 0.255 e. The molecule has 1 saturated carbocycles. The van der Waals surface area contributed by atoms with Gasteiger partial charge in [0.1, 0.15) is 12.4 Å². The number of anilines is 1. The molecule has 0 heterocycles. The fourth-order valence-electron chi connectivity index (χ4n) is 3.67. The number of carbonyl (C=O) groups is 1. The van der Waals surface area contributed by atoms with Crippen molar-refractivity contribution in [3.05, 3.63) is 83.9 Å². The lowest BCUT2D eigenvalue weighted by Crippen LogP contribution is -2.14. The molecular formula is C26H27NO4. The Morgan fingerprint density at radius 2 is 1.68 bits per heavy atom. The van der Waals surface area contributed by atoms with Gasteiger partial charge in [0.2, 0.25) is 0 Å². The zero-order valence-electron chi connectivity index (χ0n) is 17.7. The average molecular weight is 418 g/mol. The van der Waals surface area contributed by atoms with E-state index in [9.17, 15) is 4.79 Å². The van der Waals surface area contributed by atoms with Crippen molar-refractivity contribution in [2.75, 3.05) is 12.4 Å². The van der Waals surface area contributed by atoms with Crippen LogP contribution in [-0.2, 0) is 6.61 Å². The lowest BCUT2D eigenvalue weighted by Gasteiger charge is -2.17. The Morgan fingerprint density at radius 3 is 2.39 bits per heavy atom. The number of nitrogens with one attached hydrogen (secondary N) is 1. The molecule has 4 rings (SSSR count). The van der Waals surface area contributed by atoms with Crippen LogP contribution in [0.3, 0.4) is 0 Å². The minimum absolute atomic E-state index is 0.190. The fraction of sp³-hybridized carbons (Fsp3) is 0.269. The van der Waals surface area contributed by atoms with E-state index in [1.807, 2.05) is 54.6 Å². The lowest BCUT2D eigenvalue weighted by atomic mass is 10.1. The van der Waals surface area contributed by atoms with Crippen LogP contribution in [0.25, 0.3) is 0 Å². The number of hydrogen-bond donors (Lipinski definition) is 1. The molecule has 1 N–H and O–H groups in total. The molecule has 3 aromatic carbocycles. The van der Waals surface area contributed by atoms with Gasteiger partial charge in [-0.05, 0) is 73.7 Å². The third-order valence-electron chi connectivity index (χ3n) is 5.38. The van der Waals surface area contributed by atoms with Crippen molar-refractivity contribution in [3.8, 4) is 17.2 Å². The van der Waals surface area contributed by atoms with Crippen LogP contribution in [0.15, 0.2) is 72.8 Å². The van der Waals surface area contributed by atoms with E-state index >= 15 is 0 Å². The predicted molar refractivity (Wildman–Crippen MR) is 121 cm³/mol. The maximum atomic E-state index is 12.8. The molecule has 1 amide bonds. The van der Waals surface area contributed by atoms with Gasteiger partial charge in [-0.1, -0.05) is 30.3 Å². The molecule has 1 fully saturated rings. The number of ether oxygens (including phenoxy) is 3. The number of rotatable bonds is 8. The van der Waals surface area contributed by atoms with Gasteiger partial charge in [0.05, 0.1) is 13.2 Å². The smallest absolute Gasteiger partial charge is 0.255 e. The third-order valence-corrected chi connectivity index (χ3v) is 5.38. The summed E-state index contributed by atoms with van der Waals surface area (Å²) in [5, 5.41) is 2.93. The van der Waals surface area contributed by atoms with Gasteiger partial charge in [0.25, 0.3) is 5.91 Å². The molecule has 3 aromatic rings. The molecule has 1 aliphatic rings. The molecule has 0 spiro atoms. The SMILES string of the molecule is COc1ccc(C(=O)Nc2ccc(OCc3ccccc3)cc2)cc1OC1CCCC1. The first-order chi connectivity index (χ1) is 15.2. The molecule has 160 valence electrons. The molecule has 0 radical (unpaired) electrons. The molecule has 1 aliphatic carbocycles. The Bertz CT molecular complexity index is 996. The van der Waals surface area contributed by atoms with Crippen molar-refractivity contribution in [2.45, 2.75) is 38.4 Å². The Balaban J connectivity index is 1.38. The van der Waals surface area contributed by atoms with Gasteiger partial charge in [-0.2, -0.15) is 0 Å². The van der Waals surface area contributed by atoms with Crippen molar-refractivity contribution in [1.29, 1.82) is 0 Å². The van der Waals surface area contributed by atoms with Gasteiger partial charge in [0.15, 0.2) is 11.5 Å². The first kappa shape index (κ1) is 20.8. The summed E-state index contributed by atoms with van der Waals surface area (Å²) in [6.45, 7) is 0.502. The van der Waals surface area contributed by atoms with Crippen LogP contribution in [0, 0.1) is 0 Å². The van der Waals surface area contributed by atoms with Crippen molar-refractivity contribution >= 4 is 11.6 Å². The zero-order valence-corrected chi connectivity index (χ0v) is 17.7. The van der Waals surface area contributed by atoms with E-state index in [1.54, 1.807) is 25.3 Å². The van der Waals surface area contributed by atoms with Crippen LogP contribution in [0.2, 0.25) is 0 Å². The van der Waals surface area contributed by atoms with E-state index in [4.69, 9.17) is 14.2 Å². The van der Waals surface area contributed by atoms with Gasteiger partial charge >= 0.3 is 0 Å². The highest BCUT2D eigenvalue weighted by molar-refractivity contribution is 6.04. The van der Waals surface area contributed by atoms with Crippen LogP contribution >= 0.6 is 0 Å². The molecule has 0 atom stereocenters. The summed E-state index contributed by atoms with van der Waals surface area (Å²) in [6, 6.07) is 22.6. The van der Waals surface area contributed by atoms with Crippen LogP contribution in [-0.4, -0.2) is 19.1 Å². The normalized spacial score (nSPS) is 13.6. The average Bonchev–Trinajstić information content (AvgIpc) is 3.32. The van der Waals surface area contributed by atoms with Gasteiger partial charge < -0.3 is 19.5 Å². The minimum Gasteiger partial charge on any atom is -0.493 e. The Hall–Kier alpha value is -3.47. The monoisotopic (exact) mass is 417 g/mol. The van der Waals surface area contributed by atoms with E-state index < -0.39 is 0 Å². The Labute approximate surface area is 183 Å². The molecule has 0 bridgehead atoms. The summed E-state index contributed by atoms with van der Waals surface area (Å²) in [5.74, 6) is 1.81. The summed E-state index contributed by atoms with van der Waals surface area (Å²) < 4.78 is 17.3. The zero-order chi connectivity index (χ0) is 21.5. The summed E-state index contributed by atoms with van der Waals surface area (Å²) >= 11 is 0. The second-order valence-corrected chi connectivity index (χ2v) is 7.64. The fourth-order valence-corrected chi connectivity index (χ4v) is 3.67. The van der Waals surface area contributed by atoms with E-state index in [0.717, 1.165) is 24.2 Å². The highest BCUT2D eigenvalue weighted by atomic mass is 16.5. The highest BCUT2D eigenvalue weighted by Crippen LogP contribution is 2.32. The Kier molecular flexibility index (Phi) is 6.72. The second kappa shape index (κ2) is 10.0. The van der Waals surface area contributed by atoms with Gasteiger partial charge in [-0.3, -0.25) is 4.79 Å². The van der Waals surface area contributed by atoms with Crippen molar-refractivity contribution in [3.63, 3.8) is 0 Å². The first-order valence-corrected chi connectivity index (χ1v) is 10.6. The van der Waals surface area contributed by atoms with Crippen molar-refractivity contribution in [1.82, 2.24) is 0 Å². The highest BCUT2D eigenvalue weighted by Gasteiger charge is 2.19. The minimum atomic E-state index is -0.197. The molecule has 5 heteroatoms. The summed E-state index contributed by atoms with van der Waals surface area (Å²) in [6.07, 6.45) is 4.63. The van der Waals surface area contributed by atoms with Gasteiger partial charge in [-0.15, -0.1) is 0 Å². The number of hydrogen-bond acceptors (Lipinski definition) is 4. The number of carbonyl (C=O) groups excluding carboxylic acids is 1. The molecule has 0 aliphatic heterocycles. The predicted octanol–water partition coefficient (Wildman–Crippen LogP) is 5.85. The van der Waals surface area contributed by atoms with Crippen molar-refractivity contribution in [2.24, 2.45) is 0 Å². The van der Waals surface area contributed by atoms with Crippen molar-refractivity contribution < 1.29 is 19.0 Å². The van der Waals surface area contributed by atoms with Crippen LogP contribution in [0.5, 0.6) is 17.2 Å². The van der Waals surface area contributed by atoms with Gasteiger partial charge in [0, 0.05) is 11.3 Å². The summed E-state index contributed by atoms with van der Waals surface area (Å²) in [4.78, 5) is 12.8. The number of amides is 1. The summed E-state index contributed by atoms with van der Waals surface area (Å²) in [5.41, 5.74) is 2.33. The molecule has 31 heavy (non-hydrogen) atoms. The molecule has 0 aromatic heterocycles. The van der Waals surface area contributed by atoms with Crippen LogP contribution < -0.4 is 19.5 Å². The van der Waals surface area contributed by atoms with Crippen LogP contribution in [0.4, 0.5) is 5.69 Å². The maximum absolute atomic E-state index is 12.8. The third kappa shape index (κ3) is 5.57. The Morgan fingerprint density at radius 1 is 0.935 bits per heavy atom. The number of methoxy groups -OCH3 is 1. The van der Waals surface area contributed by atoms with E-state index in [0.29, 0.717) is 29.4 Å². The van der Waals surface area contributed by atoms with Gasteiger partial charge in [-0.25, -0.2) is 0 Å². The molecule has 0 saturated heterocycles. The number of benzene rings is 3. The quantitative estimate of drug-likeness (QED) is 0.500. The molecule has 5 nitrogen and oxygen atoms in total. The first-order valence-electron chi connectivity index (χ1n) is 10.6.